The van der Waals surface area contributed by atoms with Gasteiger partial charge in [-0.2, -0.15) is 0 Å². The molecule has 1 aromatic rings. The molecule has 7 nitrogen and oxygen atoms in total. The average Bonchev–Trinajstić information content (AvgIpc) is 2.77. The van der Waals surface area contributed by atoms with Crippen LogP contribution in [0.4, 0.5) is 0 Å². The molecular formula is C12H18N2O5. The summed E-state index contributed by atoms with van der Waals surface area (Å²) in [5.41, 5.74) is 0. The maximum Gasteiger partial charge on any atom is 0.308 e. The van der Waals surface area contributed by atoms with Crippen molar-refractivity contribution in [2.45, 2.75) is 26.7 Å². The Kier molecular flexibility index (Phi) is 5.84. The van der Waals surface area contributed by atoms with Crippen LogP contribution < -0.4 is 10.1 Å². The van der Waals surface area contributed by atoms with E-state index in [4.69, 9.17) is 14.4 Å². The van der Waals surface area contributed by atoms with Gasteiger partial charge in [-0.15, -0.1) is 0 Å². The number of carbonyl (C=O) groups excluding carboxylic acids is 1. The number of carboxylic acids is 1. The van der Waals surface area contributed by atoms with Crippen LogP contribution in [-0.4, -0.2) is 35.3 Å². The molecule has 19 heavy (non-hydrogen) atoms. The number of nitrogens with one attached hydrogen (secondary N) is 1. The average molecular weight is 270 g/mol. The molecule has 0 aliphatic rings. The Hall–Kier alpha value is -2.05. The number of nitrogens with zero attached hydrogens (tertiary/aromatic N) is 1. The predicted molar refractivity (Wildman–Crippen MR) is 65.8 cm³/mol. The van der Waals surface area contributed by atoms with Crippen LogP contribution in [0.25, 0.3) is 0 Å². The van der Waals surface area contributed by atoms with E-state index in [1.807, 2.05) is 6.92 Å². The molecular weight excluding hydrogens is 252 g/mol. The molecule has 0 aliphatic heterocycles. The van der Waals surface area contributed by atoms with Crippen molar-refractivity contribution < 1.29 is 24.0 Å². The van der Waals surface area contributed by atoms with Gasteiger partial charge in [0.25, 0.3) is 11.8 Å². The molecule has 0 saturated carbocycles. The Labute approximate surface area is 110 Å². The quantitative estimate of drug-likeness (QED) is 0.730. The Balaban J connectivity index is 2.28. The highest BCUT2D eigenvalue weighted by Crippen LogP contribution is 2.09. The smallest absolute Gasteiger partial charge is 0.308 e. The number of hydrogen-bond acceptors (Lipinski definition) is 5. The SMILES string of the molecule is CCCC(CNC(=O)COc1cc(C)on1)C(=O)O. The highest BCUT2D eigenvalue weighted by atomic mass is 16.5. The topological polar surface area (TPSA) is 102 Å². The van der Waals surface area contributed by atoms with Gasteiger partial charge in [0.2, 0.25) is 0 Å². The molecule has 1 aromatic heterocycles. The predicted octanol–water partition coefficient (Wildman–Crippen LogP) is 0.979. The Morgan fingerprint density at radius 3 is 2.84 bits per heavy atom. The Morgan fingerprint density at radius 1 is 1.58 bits per heavy atom. The molecule has 0 radical (unpaired) electrons. The van der Waals surface area contributed by atoms with E-state index in [9.17, 15) is 9.59 Å². The van der Waals surface area contributed by atoms with Crippen LogP contribution in [0.15, 0.2) is 10.6 Å². The molecule has 7 heteroatoms. The van der Waals surface area contributed by atoms with Gasteiger partial charge in [-0.1, -0.05) is 13.3 Å². The summed E-state index contributed by atoms with van der Waals surface area (Å²) in [6.07, 6.45) is 1.28. The summed E-state index contributed by atoms with van der Waals surface area (Å²) < 4.78 is 9.85. The fraction of sp³-hybridized carbons (Fsp3) is 0.583. The monoisotopic (exact) mass is 270 g/mol. The van der Waals surface area contributed by atoms with E-state index in [2.05, 4.69) is 10.5 Å². The summed E-state index contributed by atoms with van der Waals surface area (Å²) in [6, 6.07) is 1.56. The third kappa shape index (κ3) is 5.41. The van der Waals surface area contributed by atoms with Crippen molar-refractivity contribution in [1.82, 2.24) is 10.5 Å². The Morgan fingerprint density at radius 2 is 2.32 bits per heavy atom. The van der Waals surface area contributed by atoms with Crippen LogP contribution in [0.2, 0.25) is 0 Å². The zero-order valence-corrected chi connectivity index (χ0v) is 11.0. The maximum atomic E-state index is 11.5. The summed E-state index contributed by atoms with van der Waals surface area (Å²) in [6.45, 7) is 3.49. The van der Waals surface area contributed by atoms with E-state index in [-0.39, 0.29) is 24.9 Å². The zero-order chi connectivity index (χ0) is 14.3. The number of carboxylic acid groups (broad SMARTS) is 1. The fourth-order valence-electron chi connectivity index (χ4n) is 1.50. The van der Waals surface area contributed by atoms with E-state index >= 15 is 0 Å². The summed E-state index contributed by atoms with van der Waals surface area (Å²) in [4.78, 5) is 22.3. The first-order chi connectivity index (χ1) is 9.02. The van der Waals surface area contributed by atoms with Gasteiger partial charge in [-0.3, -0.25) is 9.59 Å². The van der Waals surface area contributed by atoms with E-state index < -0.39 is 11.9 Å². The van der Waals surface area contributed by atoms with Gasteiger partial charge in [0.1, 0.15) is 5.76 Å². The summed E-state index contributed by atoms with van der Waals surface area (Å²) in [5.74, 6) is -1.04. The van der Waals surface area contributed by atoms with E-state index in [1.165, 1.54) is 0 Å². The largest absolute Gasteiger partial charge is 0.481 e. The standard InChI is InChI=1S/C12H18N2O5/c1-3-4-9(12(16)17)6-13-10(15)7-18-11-5-8(2)19-14-11/h5,9H,3-4,6-7H2,1-2H3,(H,13,15)(H,16,17). The zero-order valence-electron chi connectivity index (χ0n) is 11.0. The van der Waals surface area contributed by atoms with Crippen LogP contribution >= 0.6 is 0 Å². The lowest BCUT2D eigenvalue weighted by Crippen LogP contribution is -2.35. The molecule has 0 saturated heterocycles. The van der Waals surface area contributed by atoms with Gasteiger partial charge in [0, 0.05) is 12.6 Å². The number of aryl methyl sites for hydroxylation is 1. The van der Waals surface area contributed by atoms with Crippen molar-refractivity contribution >= 4 is 11.9 Å². The van der Waals surface area contributed by atoms with E-state index in [0.29, 0.717) is 12.2 Å². The van der Waals surface area contributed by atoms with Gasteiger partial charge >= 0.3 is 5.97 Å². The van der Waals surface area contributed by atoms with Crippen molar-refractivity contribution in [2.24, 2.45) is 5.92 Å². The molecule has 1 atom stereocenters. The molecule has 1 amide bonds. The minimum Gasteiger partial charge on any atom is -0.481 e. The first kappa shape index (κ1) is 15.0. The molecule has 0 fully saturated rings. The molecule has 1 heterocycles. The molecule has 2 N–H and O–H groups in total. The summed E-state index contributed by atoms with van der Waals surface area (Å²) in [5, 5.41) is 15.0. The van der Waals surface area contributed by atoms with Crippen molar-refractivity contribution in [2.75, 3.05) is 13.2 Å². The summed E-state index contributed by atoms with van der Waals surface area (Å²) in [7, 11) is 0. The molecule has 0 bridgehead atoms. The second-order valence-corrected chi connectivity index (χ2v) is 4.19. The number of aliphatic carboxylic acids is 1. The second kappa shape index (κ2) is 7.40. The lowest BCUT2D eigenvalue weighted by molar-refractivity contribution is -0.142. The van der Waals surface area contributed by atoms with Crippen LogP contribution in [0.3, 0.4) is 0 Å². The van der Waals surface area contributed by atoms with Crippen LogP contribution in [0, 0.1) is 12.8 Å². The minimum absolute atomic E-state index is 0.100. The van der Waals surface area contributed by atoms with Gasteiger partial charge in [-0.25, -0.2) is 0 Å². The van der Waals surface area contributed by atoms with Crippen LogP contribution in [-0.2, 0) is 9.59 Å². The van der Waals surface area contributed by atoms with Gasteiger partial charge in [0.05, 0.1) is 5.92 Å². The van der Waals surface area contributed by atoms with E-state index in [0.717, 1.165) is 6.42 Å². The van der Waals surface area contributed by atoms with Crippen molar-refractivity contribution in [1.29, 1.82) is 0 Å². The van der Waals surface area contributed by atoms with Crippen LogP contribution in [0.1, 0.15) is 25.5 Å². The highest BCUT2D eigenvalue weighted by Gasteiger charge is 2.17. The molecule has 0 spiro atoms. The molecule has 0 aromatic carbocycles. The lowest BCUT2D eigenvalue weighted by atomic mass is 10.0. The third-order valence-corrected chi connectivity index (χ3v) is 2.49. The van der Waals surface area contributed by atoms with Crippen molar-refractivity contribution in [3.8, 4) is 5.88 Å². The number of aromatic nitrogens is 1. The first-order valence-electron chi connectivity index (χ1n) is 6.08. The van der Waals surface area contributed by atoms with Gasteiger partial charge in [-0.05, 0) is 18.5 Å². The first-order valence-corrected chi connectivity index (χ1v) is 6.08. The van der Waals surface area contributed by atoms with E-state index in [1.54, 1.807) is 13.0 Å². The normalized spacial score (nSPS) is 11.9. The molecule has 106 valence electrons. The number of carbonyl (C=O) groups is 2. The lowest BCUT2D eigenvalue weighted by Gasteiger charge is -2.12. The number of hydrogen-bond donors (Lipinski definition) is 2. The van der Waals surface area contributed by atoms with Gasteiger partial charge < -0.3 is 19.7 Å². The minimum atomic E-state index is -0.907. The van der Waals surface area contributed by atoms with Crippen molar-refractivity contribution in [3.05, 3.63) is 11.8 Å². The number of amides is 1. The second-order valence-electron chi connectivity index (χ2n) is 4.19. The molecule has 0 aliphatic carbocycles. The Bertz CT molecular complexity index is 430. The molecule has 1 rings (SSSR count). The highest BCUT2D eigenvalue weighted by molar-refractivity contribution is 5.78. The van der Waals surface area contributed by atoms with Crippen LogP contribution in [0.5, 0.6) is 5.88 Å². The van der Waals surface area contributed by atoms with Gasteiger partial charge in [0.15, 0.2) is 6.61 Å². The number of rotatable bonds is 8. The summed E-state index contributed by atoms with van der Waals surface area (Å²) >= 11 is 0. The number of ether oxygens (including phenoxy) is 1. The third-order valence-electron chi connectivity index (χ3n) is 2.49. The maximum absolute atomic E-state index is 11.5. The molecule has 1 unspecified atom stereocenters. The fourth-order valence-corrected chi connectivity index (χ4v) is 1.50. The van der Waals surface area contributed by atoms with Crippen molar-refractivity contribution in [3.63, 3.8) is 0 Å².